The summed E-state index contributed by atoms with van der Waals surface area (Å²) in [4.78, 5) is 20.2. The van der Waals surface area contributed by atoms with Gasteiger partial charge in [-0.15, -0.1) is 11.3 Å². The average Bonchev–Trinajstić information content (AvgIpc) is 3.07. The van der Waals surface area contributed by atoms with Crippen LogP contribution in [0.25, 0.3) is 0 Å². The maximum Gasteiger partial charge on any atom is 0.280 e. The Labute approximate surface area is 149 Å². The number of piperidine rings is 3. The number of nitrogens with one attached hydrogen (secondary N) is 1. The molecule has 3 saturated heterocycles. The summed E-state index contributed by atoms with van der Waals surface area (Å²) in [5.74, 6) is 0.808. The second-order valence-electron chi connectivity index (χ2n) is 6.30. The molecule has 2 bridgehead atoms. The largest absolute Gasteiger partial charge is 0.508 e. The van der Waals surface area contributed by atoms with Gasteiger partial charge in [-0.05, 0) is 56.1 Å². The molecule has 0 radical (unpaired) electrons. The number of carbonyl (C=O) groups is 1. The van der Waals surface area contributed by atoms with Crippen molar-refractivity contribution in [3.05, 3.63) is 35.5 Å². The Kier molecular flexibility index (Phi) is 4.47. The summed E-state index contributed by atoms with van der Waals surface area (Å²) in [5.41, 5.74) is 0. The number of fused-ring (bicyclic) bond motifs is 3. The molecule has 24 heavy (non-hydrogen) atoms. The highest BCUT2D eigenvalue weighted by Gasteiger charge is 2.35. The average molecular weight is 361 g/mol. The predicted molar refractivity (Wildman–Crippen MR) is 94.8 cm³/mol. The summed E-state index contributed by atoms with van der Waals surface area (Å²) in [5, 5.41) is 13.0. The van der Waals surface area contributed by atoms with Gasteiger partial charge in [0.2, 0.25) is 0 Å². The van der Waals surface area contributed by atoms with Crippen LogP contribution in [0.1, 0.15) is 22.6 Å². The highest BCUT2D eigenvalue weighted by atomic mass is 32.2. The number of rotatable bonds is 4. The van der Waals surface area contributed by atoms with Crippen molar-refractivity contribution in [3.8, 4) is 5.75 Å². The molecule has 5 nitrogen and oxygen atoms in total. The van der Waals surface area contributed by atoms with E-state index in [0.29, 0.717) is 10.9 Å². The van der Waals surface area contributed by atoms with Gasteiger partial charge in [-0.3, -0.25) is 4.79 Å². The zero-order valence-electron chi connectivity index (χ0n) is 13.1. The fraction of sp³-hybridized carbons (Fsp3) is 0.412. The molecule has 1 aromatic carbocycles. The number of aromatic nitrogens is 1. The minimum absolute atomic E-state index is 0.0590. The van der Waals surface area contributed by atoms with E-state index in [1.165, 1.54) is 37.3 Å². The number of carbonyl (C=O) groups excluding carboxylic acids is 1. The first-order chi connectivity index (χ1) is 11.7. The van der Waals surface area contributed by atoms with Crippen molar-refractivity contribution < 1.29 is 9.90 Å². The molecule has 126 valence electrons. The molecule has 3 fully saturated rings. The second-order valence-corrected chi connectivity index (χ2v) is 8.70. The van der Waals surface area contributed by atoms with Gasteiger partial charge in [0.25, 0.3) is 5.91 Å². The lowest BCUT2D eigenvalue weighted by atomic mass is 9.84. The maximum absolute atomic E-state index is 12.5. The maximum atomic E-state index is 12.5. The molecule has 0 aliphatic carbocycles. The smallest absolute Gasteiger partial charge is 0.280 e. The summed E-state index contributed by atoms with van der Waals surface area (Å²) in [6.45, 7) is 3.31. The van der Waals surface area contributed by atoms with E-state index >= 15 is 0 Å². The van der Waals surface area contributed by atoms with E-state index in [1.807, 2.05) is 12.1 Å². The molecule has 4 heterocycles. The molecule has 1 atom stereocenters. The molecule has 2 N–H and O–H groups in total. The van der Waals surface area contributed by atoms with E-state index in [2.05, 4.69) is 15.2 Å². The number of aromatic hydroxyl groups is 1. The molecule has 0 unspecified atom stereocenters. The van der Waals surface area contributed by atoms with Gasteiger partial charge in [0, 0.05) is 17.5 Å². The molecule has 3 aliphatic heterocycles. The first-order valence-corrected chi connectivity index (χ1v) is 9.76. The Bertz CT molecular complexity index is 724. The molecule has 5 rings (SSSR count). The molecular weight excluding hydrogens is 342 g/mol. The molecule has 1 aromatic heterocycles. The van der Waals surface area contributed by atoms with Crippen LogP contribution in [0.4, 0.5) is 0 Å². The van der Waals surface area contributed by atoms with E-state index in [4.69, 9.17) is 0 Å². The summed E-state index contributed by atoms with van der Waals surface area (Å²) in [6, 6.07) is 7.28. The summed E-state index contributed by atoms with van der Waals surface area (Å²) in [6.07, 6.45) is 4.11. The number of benzene rings is 1. The normalized spacial score (nSPS) is 25.6. The van der Waals surface area contributed by atoms with Crippen molar-refractivity contribution in [2.24, 2.45) is 5.92 Å². The Morgan fingerprint density at radius 1 is 1.29 bits per heavy atom. The molecule has 0 spiro atoms. The molecular formula is C17H19N3O2S2. The fourth-order valence-electron chi connectivity index (χ4n) is 3.40. The number of thiazole rings is 1. The van der Waals surface area contributed by atoms with E-state index < -0.39 is 0 Å². The number of nitrogens with zero attached hydrogens (tertiary/aromatic N) is 2. The number of hydrogen-bond donors (Lipinski definition) is 2. The van der Waals surface area contributed by atoms with Crippen molar-refractivity contribution >= 4 is 29.0 Å². The molecule has 3 aliphatic rings. The van der Waals surface area contributed by atoms with E-state index in [-0.39, 0.29) is 17.7 Å². The van der Waals surface area contributed by atoms with E-state index in [0.717, 1.165) is 15.6 Å². The van der Waals surface area contributed by atoms with Gasteiger partial charge in [0.05, 0.1) is 10.4 Å². The Morgan fingerprint density at radius 3 is 2.71 bits per heavy atom. The highest BCUT2D eigenvalue weighted by molar-refractivity contribution is 8.01. The summed E-state index contributed by atoms with van der Waals surface area (Å²) >= 11 is 2.96. The van der Waals surface area contributed by atoms with Crippen LogP contribution in [0, 0.1) is 5.92 Å². The lowest BCUT2D eigenvalue weighted by molar-refractivity contribution is 0.0620. The van der Waals surface area contributed by atoms with Crippen molar-refractivity contribution in [1.82, 2.24) is 15.2 Å². The monoisotopic (exact) mass is 361 g/mol. The zero-order chi connectivity index (χ0) is 16.5. The van der Waals surface area contributed by atoms with Crippen molar-refractivity contribution in [1.29, 1.82) is 0 Å². The van der Waals surface area contributed by atoms with Crippen LogP contribution in [0.2, 0.25) is 0 Å². The molecule has 1 amide bonds. The number of amides is 1. The van der Waals surface area contributed by atoms with Crippen LogP contribution in [0.15, 0.2) is 39.6 Å². The third kappa shape index (κ3) is 3.43. The van der Waals surface area contributed by atoms with Crippen LogP contribution < -0.4 is 5.32 Å². The minimum atomic E-state index is -0.0590. The highest BCUT2D eigenvalue weighted by Crippen LogP contribution is 2.33. The standard InChI is InChI=1S/C17H19N3O2S2/c21-12-1-3-13(4-2-12)23-15-9-18-17(24-15)16(22)19-14-10-20-7-5-11(14)6-8-20/h1-4,9,11,14,21H,5-8,10H2,(H,19,22)/t14-/m0/s1. The van der Waals surface area contributed by atoms with Gasteiger partial charge in [-0.2, -0.15) is 0 Å². The lowest BCUT2D eigenvalue weighted by Crippen LogP contribution is -2.57. The Morgan fingerprint density at radius 2 is 2.04 bits per heavy atom. The van der Waals surface area contributed by atoms with Crippen LogP contribution in [0.3, 0.4) is 0 Å². The lowest BCUT2D eigenvalue weighted by Gasteiger charge is -2.44. The van der Waals surface area contributed by atoms with Gasteiger partial charge < -0.3 is 15.3 Å². The van der Waals surface area contributed by atoms with E-state index in [1.54, 1.807) is 30.1 Å². The third-order valence-corrected chi connectivity index (χ3v) is 6.81. The Hall–Kier alpha value is -1.57. The fourth-order valence-corrected chi connectivity index (χ4v) is 5.26. The number of phenolic OH excluding ortho intramolecular Hbond substituents is 1. The van der Waals surface area contributed by atoms with Gasteiger partial charge in [-0.1, -0.05) is 11.8 Å². The second kappa shape index (κ2) is 6.74. The first-order valence-electron chi connectivity index (χ1n) is 8.13. The van der Waals surface area contributed by atoms with Crippen LogP contribution >= 0.6 is 23.1 Å². The number of hydrogen-bond acceptors (Lipinski definition) is 6. The van der Waals surface area contributed by atoms with Gasteiger partial charge in [-0.25, -0.2) is 4.98 Å². The van der Waals surface area contributed by atoms with Crippen LogP contribution in [-0.4, -0.2) is 46.6 Å². The predicted octanol–water partition coefficient (Wildman–Crippen LogP) is 2.82. The molecule has 7 heteroatoms. The summed E-state index contributed by atoms with van der Waals surface area (Å²) < 4.78 is 0.972. The zero-order valence-corrected chi connectivity index (χ0v) is 14.8. The quantitative estimate of drug-likeness (QED) is 0.877. The van der Waals surface area contributed by atoms with Crippen LogP contribution in [-0.2, 0) is 0 Å². The van der Waals surface area contributed by atoms with Crippen LogP contribution in [0.5, 0.6) is 5.75 Å². The molecule has 2 aromatic rings. The minimum Gasteiger partial charge on any atom is -0.508 e. The van der Waals surface area contributed by atoms with Crippen molar-refractivity contribution in [2.75, 3.05) is 19.6 Å². The van der Waals surface area contributed by atoms with Crippen molar-refractivity contribution in [2.45, 2.75) is 28.0 Å². The SMILES string of the molecule is O=C(N[C@H]1CN2CCC1CC2)c1ncc(Sc2ccc(O)cc2)s1. The topological polar surface area (TPSA) is 65.5 Å². The number of phenols is 1. The Balaban J connectivity index is 1.39. The van der Waals surface area contributed by atoms with Gasteiger partial charge in [0.15, 0.2) is 5.01 Å². The van der Waals surface area contributed by atoms with Gasteiger partial charge >= 0.3 is 0 Å². The van der Waals surface area contributed by atoms with E-state index in [9.17, 15) is 9.90 Å². The molecule has 0 saturated carbocycles. The third-order valence-electron chi connectivity index (χ3n) is 4.71. The first kappa shape index (κ1) is 15.9. The van der Waals surface area contributed by atoms with Crippen molar-refractivity contribution in [3.63, 3.8) is 0 Å². The van der Waals surface area contributed by atoms with Gasteiger partial charge in [0.1, 0.15) is 5.75 Å². The summed E-state index contributed by atoms with van der Waals surface area (Å²) in [7, 11) is 0.